The average Bonchev–Trinajstić information content (AvgIpc) is 2.66. The van der Waals surface area contributed by atoms with Crippen molar-refractivity contribution < 1.29 is 17.6 Å². The standard InChI is InChI=1S/C20H15F4N.C2H6/c1-13-10-11-15(14-6-3-2-4-7-14)20(25(13)12-18(23)24)19-16(21)8-5-9-17(19)22;1-2/h2-11,18H,1,12H2;1-2H3. The van der Waals surface area contributed by atoms with E-state index in [1.165, 1.54) is 6.07 Å². The van der Waals surface area contributed by atoms with Gasteiger partial charge in [-0.3, -0.25) is 0 Å². The molecular formula is C22H21F4N. The lowest BCUT2D eigenvalue weighted by molar-refractivity contribution is 0.123. The van der Waals surface area contributed by atoms with Crippen LogP contribution < -0.4 is 0 Å². The van der Waals surface area contributed by atoms with Gasteiger partial charge in [-0.25, -0.2) is 17.6 Å². The monoisotopic (exact) mass is 375 g/mol. The van der Waals surface area contributed by atoms with Crippen LogP contribution in [0, 0.1) is 11.6 Å². The van der Waals surface area contributed by atoms with E-state index in [1.807, 2.05) is 13.8 Å². The van der Waals surface area contributed by atoms with Gasteiger partial charge in [0.05, 0.1) is 17.8 Å². The van der Waals surface area contributed by atoms with Crippen molar-refractivity contribution in [3.05, 3.63) is 95.7 Å². The highest BCUT2D eigenvalue weighted by atomic mass is 19.3. The van der Waals surface area contributed by atoms with Crippen LogP contribution in [0.25, 0.3) is 11.3 Å². The largest absolute Gasteiger partial charge is 0.335 e. The SMILES string of the molecule is C=C1C=CC(c2ccccc2)=C(c2c(F)cccc2F)N1CC(F)F.CC. The normalized spacial score (nSPS) is 13.7. The van der Waals surface area contributed by atoms with Crippen LogP contribution >= 0.6 is 0 Å². The zero-order chi connectivity index (χ0) is 20.0. The van der Waals surface area contributed by atoms with Gasteiger partial charge >= 0.3 is 0 Å². The molecule has 0 N–H and O–H groups in total. The van der Waals surface area contributed by atoms with Gasteiger partial charge in [0.2, 0.25) is 0 Å². The van der Waals surface area contributed by atoms with E-state index in [0.29, 0.717) is 11.1 Å². The summed E-state index contributed by atoms with van der Waals surface area (Å²) in [6.45, 7) is 7.03. The van der Waals surface area contributed by atoms with E-state index < -0.39 is 24.6 Å². The molecular weight excluding hydrogens is 354 g/mol. The van der Waals surface area contributed by atoms with Crippen molar-refractivity contribution in [1.82, 2.24) is 4.90 Å². The molecule has 1 aliphatic rings. The molecule has 27 heavy (non-hydrogen) atoms. The van der Waals surface area contributed by atoms with Crippen LogP contribution in [0.15, 0.2) is 73.0 Å². The Morgan fingerprint density at radius 3 is 2.04 bits per heavy atom. The van der Waals surface area contributed by atoms with E-state index in [9.17, 15) is 17.6 Å². The Labute approximate surface area is 156 Å². The predicted octanol–water partition coefficient (Wildman–Crippen LogP) is 6.51. The highest BCUT2D eigenvalue weighted by molar-refractivity contribution is 5.97. The second-order valence-corrected chi connectivity index (χ2v) is 5.55. The second-order valence-electron chi connectivity index (χ2n) is 5.55. The molecule has 0 aromatic heterocycles. The Morgan fingerprint density at radius 2 is 1.48 bits per heavy atom. The molecule has 0 radical (unpaired) electrons. The fourth-order valence-electron chi connectivity index (χ4n) is 2.83. The van der Waals surface area contributed by atoms with Gasteiger partial charge in [-0.15, -0.1) is 0 Å². The van der Waals surface area contributed by atoms with Crippen molar-refractivity contribution in [2.45, 2.75) is 20.3 Å². The van der Waals surface area contributed by atoms with Gasteiger partial charge in [0.1, 0.15) is 11.6 Å². The first-order chi connectivity index (χ1) is 13.0. The van der Waals surface area contributed by atoms with E-state index in [4.69, 9.17) is 0 Å². The minimum atomic E-state index is -2.69. The molecule has 0 amide bonds. The summed E-state index contributed by atoms with van der Waals surface area (Å²) in [5, 5.41) is 0. The summed E-state index contributed by atoms with van der Waals surface area (Å²) in [6.07, 6.45) is 0.512. The summed E-state index contributed by atoms with van der Waals surface area (Å²) in [5.74, 6) is -1.63. The van der Waals surface area contributed by atoms with Gasteiger partial charge < -0.3 is 4.90 Å². The number of benzene rings is 2. The number of hydrogen-bond donors (Lipinski definition) is 0. The predicted molar refractivity (Wildman–Crippen MR) is 102 cm³/mol. The van der Waals surface area contributed by atoms with Crippen LogP contribution in [0.4, 0.5) is 17.6 Å². The van der Waals surface area contributed by atoms with Crippen LogP contribution in [0.5, 0.6) is 0 Å². The summed E-state index contributed by atoms with van der Waals surface area (Å²) >= 11 is 0. The Kier molecular flexibility index (Phi) is 6.99. The van der Waals surface area contributed by atoms with Gasteiger partial charge in [-0.1, -0.05) is 62.9 Å². The van der Waals surface area contributed by atoms with E-state index in [2.05, 4.69) is 6.58 Å². The van der Waals surface area contributed by atoms with Gasteiger partial charge in [0.25, 0.3) is 6.43 Å². The molecule has 2 aromatic rings. The molecule has 0 bridgehead atoms. The molecule has 2 aromatic carbocycles. The van der Waals surface area contributed by atoms with Crippen LogP contribution in [0.3, 0.4) is 0 Å². The summed E-state index contributed by atoms with van der Waals surface area (Å²) in [6, 6.07) is 12.3. The highest BCUT2D eigenvalue weighted by Crippen LogP contribution is 2.38. The fraction of sp³-hybridized carbons (Fsp3) is 0.182. The Bertz CT molecular complexity index is 834. The molecule has 142 valence electrons. The van der Waals surface area contributed by atoms with Gasteiger partial charge in [-0.05, 0) is 23.8 Å². The topological polar surface area (TPSA) is 3.24 Å². The minimum absolute atomic E-state index is 0.0506. The molecule has 0 saturated carbocycles. The number of hydrogen-bond acceptors (Lipinski definition) is 1. The third-order valence-electron chi connectivity index (χ3n) is 3.92. The number of halogens is 4. The Balaban J connectivity index is 0.00000126. The number of allylic oxidation sites excluding steroid dienone is 3. The third kappa shape index (κ3) is 4.48. The lowest BCUT2D eigenvalue weighted by atomic mass is 9.94. The van der Waals surface area contributed by atoms with Crippen LogP contribution in [-0.4, -0.2) is 17.9 Å². The van der Waals surface area contributed by atoms with Crippen molar-refractivity contribution in [3.8, 4) is 0 Å². The molecule has 5 heteroatoms. The van der Waals surface area contributed by atoms with E-state index in [0.717, 1.165) is 17.0 Å². The maximum Gasteiger partial charge on any atom is 0.256 e. The highest BCUT2D eigenvalue weighted by Gasteiger charge is 2.28. The molecule has 1 heterocycles. The van der Waals surface area contributed by atoms with Crippen molar-refractivity contribution in [3.63, 3.8) is 0 Å². The molecule has 0 spiro atoms. The third-order valence-corrected chi connectivity index (χ3v) is 3.92. The first kappa shape index (κ1) is 20.5. The van der Waals surface area contributed by atoms with E-state index in [-0.39, 0.29) is 17.0 Å². The fourth-order valence-corrected chi connectivity index (χ4v) is 2.83. The molecule has 0 saturated heterocycles. The second kappa shape index (κ2) is 9.21. The van der Waals surface area contributed by atoms with Crippen molar-refractivity contribution >= 4 is 11.3 Å². The summed E-state index contributed by atoms with van der Waals surface area (Å²) in [5.41, 5.74) is 1.08. The van der Waals surface area contributed by atoms with Gasteiger partial charge in [0, 0.05) is 11.3 Å². The minimum Gasteiger partial charge on any atom is -0.335 e. The van der Waals surface area contributed by atoms with E-state index in [1.54, 1.807) is 42.5 Å². The van der Waals surface area contributed by atoms with Crippen molar-refractivity contribution in [2.75, 3.05) is 6.54 Å². The molecule has 1 aliphatic heterocycles. The van der Waals surface area contributed by atoms with E-state index >= 15 is 0 Å². The number of alkyl halides is 2. The number of rotatable bonds is 4. The molecule has 0 fully saturated rings. The number of nitrogens with zero attached hydrogens (tertiary/aromatic N) is 1. The average molecular weight is 375 g/mol. The maximum absolute atomic E-state index is 14.4. The van der Waals surface area contributed by atoms with Crippen LogP contribution in [0.2, 0.25) is 0 Å². The van der Waals surface area contributed by atoms with Crippen LogP contribution in [-0.2, 0) is 0 Å². The van der Waals surface area contributed by atoms with Crippen LogP contribution in [0.1, 0.15) is 25.0 Å². The van der Waals surface area contributed by atoms with Crippen molar-refractivity contribution in [2.24, 2.45) is 0 Å². The van der Waals surface area contributed by atoms with Gasteiger partial charge in [-0.2, -0.15) is 0 Å². The summed E-state index contributed by atoms with van der Waals surface area (Å²) in [7, 11) is 0. The van der Waals surface area contributed by atoms with Crippen molar-refractivity contribution in [1.29, 1.82) is 0 Å². The quantitative estimate of drug-likeness (QED) is 0.551. The Hall–Kier alpha value is -2.82. The summed E-state index contributed by atoms with van der Waals surface area (Å²) in [4.78, 5) is 1.16. The molecule has 1 nitrogen and oxygen atoms in total. The lowest BCUT2D eigenvalue weighted by Gasteiger charge is -2.33. The molecule has 0 unspecified atom stereocenters. The van der Waals surface area contributed by atoms with Gasteiger partial charge in [0.15, 0.2) is 0 Å². The smallest absolute Gasteiger partial charge is 0.256 e. The molecule has 0 aliphatic carbocycles. The molecule has 0 atom stereocenters. The molecule has 3 rings (SSSR count). The summed E-state index contributed by atoms with van der Waals surface area (Å²) < 4.78 is 55.0. The zero-order valence-corrected chi connectivity index (χ0v) is 15.2. The first-order valence-electron chi connectivity index (χ1n) is 8.66. The maximum atomic E-state index is 14.4. The first-order valence-corrected chi connectivity index (χ1v) is 8.66. The lowest BCUT2D eigenvalue weighted by Crippen LogP contribution is -2.29. The Morgan fingerprint density at radius 1 is 0.889 bits per heavy atom. The zero-order valence-electron chi connectivity index (χ0n) is 15.2.